The van der Waals surface area contributed by atoms with Gasteiger partial charge in [-0.05, 0) is 73.6 Å². The zero-order valence-corrected chi connectivity index (χ0v) is 20.5. The highest BCUT2D eigenvalue weighted by Gasteiger charge is 2.23. The first-order valence-corrected chi connectivity index (χ1v) is 12.4. The highest BCUT2D eigenvalue weighted by Crippen LogP contribution is 2.25. The number of benzene rings is 2. The van der Waals surface area contributed by atoms with Crippen LogP contribution in [-0.2, 0) is 11.2 Å². The molecular formula is C30H29N3O3. The second kappa shape index (κ2) is 9.90. The third-order valence-corrected chi connectivity index (χ3v) is 7.09. The zero-order valence-electron chi connectivity index (χ0n) is 20.5. The minimum absolute atomic E-state index is 0.00367. The Balaban J connectivity index is 1.52. The average Bonchev–Trinajstić information content (AvgIpc) is 2.87. The van der Waals surface area contributed by atoms with Gasteiger partial charge in [0, 0.05) is 30.0 Å². The van der Waals surface area contributed by atoms with Crippen LogP contribution in [0.5, 0.6) is 0 Å². The first-order valence-electron chi connectivity index (χ1n) is 12.4. The number of carbonyl (C=O) groups excluding carboxylic acids is 2. The molecule has 2 heterocycles. The molecule has 1 amide bonds. The fourth-order valence-electron chi connectivity index (χ4n) is 4.50. The second-order valence-electron chi connectivity index (χ2n) is 9.68. The molecule has 0 spiro atoms. The quantitative estimate of drug-likeness (QED) is 0.400. The van der Waals surface area contributed by atoms with Crippen LogP contribution < -0.4 is 10.7 Å². The molecule has 5 rings (SSSR count). The Bertz CT molecular complexity index is 1500. The Hall–Kier alpha value is -4.06. The minimum atomic E-state index is -0.337. The van der Waals surface area contributed by atoms with Crippen LogP contribution in [0.2, 0.25) is 0 Å². The maximum absolute atomic E-state index is 13.1. The lowest BCUT2D eigenvalue weighted by Crippen LogP contribution is -2.41. The number of ketones is 1. The summed E-state index contributed by atoms with van der Waals surface area (Å²) in [5, 5.41) is 3.40. The van der Waals surface area contributed by atoms with Crippen molar-refractivity contribution in [2.75, 3.05) is 0 Å². The van der Waals surface area contributed by atoms with Crippen molar-refractivity contribution < 1.29 is 9.59 Å². The summed E-state index contributed by atoms with van der Waals surface area (Å²) >= 11 is 0. The number of carbonyl (C=O) groups is 2. The Morgan fingerprint density at radius 2 is 1.83 bits per heavy atom. The second-order valence-corrected chi connectivity index (χ2v) is 9.68. The Kier molecular flexibility index (Phi) is 6.51. The first-order chi connectivity index (χ1) is 17.4. The summed E-state index contributed by atoms with van der Waals surface area (Å²) in [5.41, 5.74) is 4.29. The molecule has 1 aliphatic rings. The summed E-state index contributed by atoms with van der Waals surface area (Å²) in [6.45, 7) is 3.58. The van der Waals surface area contributed by atoms with Gasteiger partial charge in [0.25, 0.3) is 5.91 Å². The van der Waals surface area contributed by atoms with E-state index in [4.69, 9.17) is 0 Å². The van der Waals surface area contributed by atoms with Gasteiger partial charge in [-0.2, -0.15) is 0 Å². The van der Waals surface area contributed by atoms with E-state index in [1.165, 1.54) is 0 Å². The van der Waals surface area contributed by atoms with Crippen LogP contribution in [0.25, 0.3) is 27.8 Å². The molecule has 1 unspecified atom stereocenters. The fourth-order valence-corrected chi connectivity index (χ4v) is 4.50. The summed E-state index contributed by atoms with van der Waals surface area (Å²) in [6, 6.07) is 19.7. The number of hydrogen-bond donors (Lipinski definition) is 1. The molecule has 0 aliphatic heterocycles. The van der Waals surface area contributed by atoms with Crippen LogP contribution in [0.3, 0.4) is 0 Å². The van der Waals surface area contributed by atoms with E-state index in [1.54, 1.807) is 31.5 Å². The van der Waals surface area contributed by atoms with Crippen LogP contribution in [-0.4, -0.2) is 27.3 Å². The SMILES string of the molecule is CC(=O)C(C)Cc1ccc(-c2cccc(-n3cc(C(=O)NC4CCC4)c(=O)c4cccnc43)c2)cc1. The maximum atomic E-state index is 13.1. The lowest BCUT2D eigenvalue weighted by molar-refractivity contribution is -0.120. The van der Waals surface area contributed by atoms with Crippen LogP contribution in [0.1, 0.15) is 49.0 Å². The van der Waals surface area contributed by atoms with Gasteiger partial charge in [0.2, 0.25) is 5.43 Å². The molecule has 0 radical (unpaired) electrons. The Morgan fingerprint density at radius 3 is 2.53 bits per heavy atom. The number of fused-ring (bicyclic) bond motifs is 1. The summed E-state index contributed by atoms with van der Waals surface area (Å²) in [6.07, 6.45) is 6.97. The lowest BCUT2D eigenvalue weighted by Gasteiger charge is -2.26. The highest BCUT2D eigenvalue weighted by atomic mass is 16.2. The summed E-state index contributed by atoms with van der Waals surface area (Å²) in [4.78, 5) is 42.2. The van der Waals surface area contributed by atoms with Gasteiger partial charge in [0.1, 0.15) is 17.0 Å². The van der Waals surface area contributed by atoms with Crippen LogP contribution in [0.15, 0.2) is 77.9 Å². The Labute approximate surface area is 210 Å². The molecule has 182 valence electrons. The van der Waals surface area contributed by atoms with Gasteiger partial charge in [-0.3, -0.25) is 14.4 Å². The van der Waals surface area contributed by atoms with Crippen LogP contribution in [0, 0.1) is 5.92 Å². The van der Waals surface area contributed by atoms with Crippen molar-refractivity contribution >= 4 is 22.7 Å². The molecule has 1 saturated carbocycles. The molecule has 6 heteroatoms. The van der Waals surface area contributed by atoms with Gasteiger partial charge in [-0.15, -0.1) is 0 Å². The fraction of sp³-hybridized carbons (Fsp3) is 0.267. The molecular weight excluding hydrogens is 450 g/mol. The normalized spacial score (nSPS) is 14.3. The van der Waals surface area contributed by atoms with Crippen LogP contribution in [0.4, 0.5) is 0 Å². The number of pyridine rings is 2. The van der Waals surface area contributed by atoms with Gasteiger partial charge in [0.15, 0.2) is 0 Å². The third kappa shape index (κ3) is 4.71. The van der Waals surface area contributed by atoms with E-state index >= 15 is 0 Å². The zero-order chi connectivity index (χ0) is 25.2. The van der Waals surface area contributed by atoms with E-state index in [1.807, 2.05) is 35.8 Å². The summed E-state index contributed by atoms with van der Waals surface area (Å²) < 4.78 is 1.82. The van der Waals surface area contributed by atoms with Gasteiger partial charge < -0.3 is 9.88 Å². The largest absolute Gasteiger partial charge is 0.349 e. The van der Waals surface area contributed by atoms with Gasteiger partial charge in [0.05, 0.1) is 5.39 Å². The van der Waals surface area contributed by atoms with Crippen molar-refractivity contribution in [3.8, 4) is 16.8 Å². The van der Waals surface area contributed by atoms with Gasteiger partial charge in [-0.25, -0.2) is 4.98 Å². The molecule has 1 aliphatic carbocycles. The number of Topliss-reactive ketones (excluding diaryl/α,β-unsaturated/α-hetero) is 1. The maximum Gasteiger partial charge on any atom is 0.257 e. The standard InChI is InChI=1S/C30H29N3O3/c1-19(20(2)34)16-21-11-13-22(14-12-21)23-6-3-9-25(17-23)33-18-27(30(36)32-24-7-4-8-24)28(35)26-10-5-15-31-29(26)33/h3,5-6,9-15,17-19,24H,4,7-8,16H2,1-2H3,(H,32,36). The number of rotatable bonds is 7. The molecule has 4 aromatic rings. The number of nitrogens with zero attached hydrogens (tertiary/aromatic N) is 2. The number of nitrogens with one attached hydrogen (secondary N) is 1. The van der Waals surface area contributed by atoms with Crippen molar-refractivity contribution in [3.63, 3.8) is 0 Å². The molecule has 1 fully saturated rings. The Morgan fingerprint density at radius 1 is 1.06 bits per heavy atom. The van der Waals surface area contributed by atoms with Crippen molar-refractivity contribution in [3.05, 3.63) is 94.4 Å². The van der Waals surface area contributed by atoms with Crippen molar-refractivity contribution in [2.24, 2.45) is 5.92 Å². The number of hydrogen-bond acceptors (Lipinski definition) is 4. The van der Waals surface area contributed by atoms with E-state index in [2.05, 4.69) is 34.6 Å². The van der Waals surface area contributed by atoms with Gasteiger partial charge >= 0.3 is 0 Å². The highest BCUT2D eigenvalue weighted by molar-refractivity contribution is 5.97. The monoisotopic (exact) mass is 479 g/mol. The first kappa shape index (κ1) is 23.7. The van der Waals surface area contributed by atoms with E-state index in [9.17, 15) is 14.4 Å². The van der Waals surface area contributed by atoms with E-state index < -0.39 is 0 Å². The van der Waals surface area contributed by atoms with Crippen LogP contribution >= 0.6 is 0 Å². The molecule has 36 heavy (non-hydrogen) atoms. The van der Waals surface area contributed by atoms with E-state index in [-0.39, 0.29) is 34.6 Å². The topological polar surface area (TPSA) is 81.1 Å². The molecule has 1 atom stereocenters. The van der Waals surface area contributed by atoms with E-state index in [0.717, 1.165) is 48.1 Å². The molecule has 2 aromatic carbocycles. The third-order valence-electron chi connectivity index (χ3n) is 7.09. The lowest BCUT2D eigenvalue weighted by atomic mass is 9.93. The van der Waals surface area contributed by atoms with E-state index in [0.29, 0.717) is 11.0 Å². The molecule has 1 N–H and O–H groups in total. The molecule has 0 bridgehead atoms. The molecule has 2 aromatic heterocycles. The number of amides is 1. The smallest absolute Gasteiger partial charge is 0.257 e. The van der Waals surface area contributed by atoms with Gasteiger partial charge in [-0.1, -0.05) is 43.3 Å². The summed E-state index contributed by atoms with van der Waals surface area (Å²) in [7, 11) is 0. The number of aromatic nitrogens is 2. The summed E-state index contributed by atoms with van der Waals surface area (Å²) in [5.74, 6) is -0.152. The van der Waals surface area contributed by atoms with Crippen molar-refractivity contribution in [1.29, 1.82) is 0 Å². The predicted octanol–water partition coefficient (Wildman–Crippen LogP) is 5.10. The van der Waals surface area contributed by atoms with Crippen molar-refractivity contribution in [1.82, 2.24) is 14.9 Å². The molecule has 6 nitrogen and oxygen atoms in total. The predicted molar refractivity (Wildman–Crippen MR) is 141 cm³/mol. The minimum Gasteiger partial charge on any atom is -0.349 e. The average molecular weight is 480 g/mol. The molecule has 0 saturated heterocycles. The van der Waals surface area contributed by atoms with Crippen molar-refractivity contribution in [2.45, 2.75) is 45.6 Å².